The third-order valence-electron chi connectivity index (χ3n) is 8.00. The van der Waals surface area contributed by atoms with E-state index in [-0.39, 0.29) is 0 Å². The van der Waals surface area contributed by atoms with Crippen LogP contribution in [-0.4, -0.2) is 9.38 Å². The van der Waals surface area contributed by atoms with Gasteiger partial charge in [-0.1, -0.05) is 80.6 Å². The van der Waals surface area contributed by atoms with Gasteiger partial charge in [0, 0.05) is 52.1 Å². The summed E-state index contributed by atoms with van der Waals surface area (Å²) in [5.74, 6) is 0.492. The number of hydrogen-bond acceptors (Lipinski definition) is 3. The van der Waals surface area contributed by atoms with Gasteiger partial charge in [-0.2, -0.15) is 0 Å². The van der Waals surface area contributed by atoms with E-state index in [1.54, 1.807) is 0 Å². The molecule has 7 aromatic rings. The van der Waals surface area contributed by atoms with Crippen molar-refractivity contribution in [3.05, 3.63) is 170 Å². The van der Waals surface area contributed by atoms with E-state index in [1.807, 2.05) is 24.4 Å². The van der Waals surface area contributed by atoms with Crippen molar-refractivity contribution < 1.29 is 0 Å². The van der Waals surface area contributed by atoms with E-state index in [1.165, 1.54) is 5.56 Å². The molecule has 0 spiro atoms. The van der Waals surface area contributed by atoms with Crippen molar-refractivity contribution >= 4 is 39.8 Å². The highest BCUT2D eigenvalue weighted by Gasteiger charge is 2.16. The van der Waals surface area contributed by atoms with Crippen molar-refractivity contribution in [1.82, 2.24) is 9.38 Å². The summed E-state index contributed by atoms with van der Waals surface area (Å²) >= 11 is 0. The lowest BCUT2D eigenvalue weighted by Gasteiger charge is -2.28. The van der Waals surface area contributed by atoms with E-state index in [0.717, 1.165) is 51.0 Å². The van der Waals surface area contributed by atoms with Crippen molar-refractivity contribution in [1.29, 1.82) is 0 Å². The minimum absolute atomic E-state index is 0.492. The topological polar surface area (TPSA) is 23.8 Å². The van der Waals surface area contributed by atoms with Crippen LogP contribution in [0.15, 0.2) is 164 Å². The second kappa shape index (κ2) is 11.9. The molecule has 0 unspecified atom stereocenters. The molecule has 0 atom stereocenters. The maximum atomic E-state index is 4.81. The van der Waals surface area contributed by atoms with Crippen molar-refractivity contribution in [3.8, 4) is 11.3 Å². The first kappa shape index (κ1) is 27.2. The quantitative estimate of drug-likeness (QED) is 0.182. The van der Waals surface area contributed by atoms with Gasteiger partial charge in [-0.3, -0.25) is 0 Å². The summed E-state index contributed by atoms with van der Waals surface area (Å²) in [6.45, 7) is 4.46. The fourth-order valence-electron chi connectivity index (χ4n) is 5.66. The molecule has 2 aromatic heterocycles. The SMILES string of the molecule is CC(C)c1ccc(N(c2ccccc2)c2ccc(N(c3ccccc3)c3ccc(-c4cn5ccccc5n4)cc3)cc2)cc1. The standard InChI is InChI=1S/C40H34N4/c1-30(2)31-16-20-35(21-17-31)43(33-11-5-3-6-12-33)37-24-26-38(27-25-37)44(34-13-7-4-8-14-34)36-22-18-32(19-23-36)39-29-42-28-10-9-15-40(42)41-39/h3-30H,1-2H3. The molecule has 0 radical (unpaired) electrons. The molecule has 0 saturated carbocycles. The van der Waals surface area contributed by atoms with Crippen LogP contribution in [0.4, 0.5) is 34.1 Å². The Morgan fingerprint density at radius 1 is 0.477 bits per heavy atom. The Morgan fingerprint density at radius 2 is 0.909 bits per heavy atom. The smallest absolute Gasteiger partial charge is 0.137 e. The summed E-state index contributed by atoms with van der Waals surface area (Å²) in [4.78, 5) is 9.41. The van der Waals surface area contributed by atoms with Crippen LogP contribution in [0, 0.1) is 0 Å². The number of imidazole rings is 1. The highest BCUT2D eigenvalue weighted by atomic mass is 15.2. The number of benzene rings is 5. The van der Waals surface area contributed by atoms with E-state index in [4.69, 9.17) is 4.98 Å². The molecular formula is C40H34N4. The average molecular weight is 571 g/mol. The van der Waals surface area contributed by atoms with Crippen molar-refractivity contribution in [2.24, 2.45) is 0 Å². The number of fused-ring (bicyclic) bond motifs is 1. The van der Waals surface area contributed by atoms with E-state index >= 15 is 0 Å². The first-order valence-corrected chi connectivity index (χ1v) is 15.1. The van der Waals surface area contributed by atoms with E-state index in [0.29, 0.717) is 5.92 Å². The largest absolute Gasteiger partial charge is 0.311 e. The number of para-hydroxylation sites is 2. The normalized spacial score (nSPS) is 11.2. The van der Waals surface area contributed by atoms with Gasteiger partial charge in [-0.15, -0.1) is 0 Å². The molecule has 44 heavy (non-hydrogen) atoms. The highest BCUT2D eigenvalue weighted by molar-refractivity contribution is 5.81. The maximum Gasteiger partial charge on any atom is 0.137 e. The van der Waals surface area contributed by atoms with Gasteiger partial charge in [-0.05, 0) is 96.4 Å². The Morgan fingerprint density at radius 3 is 1.39 bits per heavy atom. The van der Waals surface area contributed by atoms with Gasteiger partial charge in [0.05, 0.1) is 5.69 Å². The molecule has 0 aliphatic rings. The van der Waals surface area contributed by atoms with Crippen LogP contribution >= 0.6 is 0 Å². The summed E-state index contributed by atoms with van der Waals surface area (Å²) in [5, 5.41) is 0. The zero-order valence-corrected chi connectivity index (χ0v) is 25.0. The van der Waals surface area contributed by atoms with Gasteiger partial charge in [0.15, 0.2) is 0 Å². The first-order chi connectivity index (χ1) is 21.6. The van der Waals surface area contributed by atoms with Crippen LogP contribution in [0.3, 0.4) is 0 Å². The molecule has 5 aromatic carbocycles. The molecule has 4 nitrogen and oxygen atoms in total. The lowest BCUT2D eigenvalue weighted by atomic mass is 10.0. The molecule has 0 saturated heterocycles. The van der Waals surface area contributed by atoms with Gasteiger partial charge in [0.1, 0.15) is 5.65 Å². The van der Waals surface area contributed by atoms with E-state index in [9.17, 15) is 0 Å². The third-order valence-corrected chi connectivity index (χ3v) is 8.00. The van der Waals surface area contributed by atoms with Gasteiger partial charge < -0.3 is 14.2 Å². The molecular weight excluding hydrogens is 536 g/mol. The molecule has 0 N–H and O–H groups in total. The number of aromatic nitrogens is 2. The van der Waals surface area contributed by atoms with Gasteiger partial charge in [0.2, 0.25) is 0 Å². The Labute approximate surface area is 259 Å². The van der Waals surface area contributed by atoms with Crippen LogP contribution in [0.2, 0.25) is 0 Å². The number of pyridine rings is 1. The molecule has 2 heterocycles. The number of hydrogen-bond donors (Lipinski definition) is 0. The van der Waals surface area contributed by atoms with Crippen molar-refractivity contribution in [2.45, 2.75) is 19.8 Å². The first-order valence-electron chi connectivity index (χ1n) is 15.1. The fraction of sp³-hybridized carbons (Fsp3) is 0.0750. The Kier molecular flexibility index (Phi) is 7.39. The third kappa shape index (κ3) is 5.46. The summed E-state index contributed by atoms with van der Waals surface area (Å²) in [6.07, 6.45) is 4.10. The second-order valence-electron chi connectivity index (χ2n) is 11.2. The van der Waals surface area contributed by atoms with Crippen LogP contribution in [0.5, 0.6) is 0 Å². The van der Waals surface area contributed by atoms with E-state index < -0.39 is 0 Å². The summed E-state index contributed by atoms with van der Waals surface area (Å²) in [5.41, 5.74) is 11.0. The Hall–Kier alpha value is -5.61. The fourth-order valence-corrected chi connectivity index (χ4v) is 5.66. The minimum atomic E-state index is 0.492. The second-order valence-corrected chi connectivity index (χ2v) is 11.2. The molecule has 214 valence electrons. The minimum Gasteiger partial charge on any atom is -0.311 e. The van der Waals surface area contributed by atoms with Crippen LogP contribution < -0.4 is 9.80 Å². The van der Waals surface area contributed by atoms with E-state index in [2.05, 4.69) is 168 Å². The highest BCUT2D eigenvalue weighted by Crippen LogP contribution is 2.39. The average Bonchev–Trinajstić information content (AvgIpc) is 3.52. The summed E-state index contributed by atoms with van der Waals surface area (Å²) in [6, 6.07) is 53.5. The predicted octanol–water partition coefficient (Wildman–Crippen LogP) is 11.1. The van der Waals surface area contributed by atoms with Gasteiger partial charge in [0.25, 0.3) is 0 Å². The Balaban J connectivity index is 1.24. The maximum absolute atomic E-state index is 4.81. The number of nitrogens with zero attached hydrogens (tertiary/aromatic N) is 4. The zero-order chi connectivity index (χ0) is 29.9. The predicted molar refractivity (Wildman–Crippen MR) is 184 cm³/mol. The molecule has 0 amide bonds. The van der Waals surface area contributed by atoms with Crippen LogP contribution in [-0.2, 0) is 0 Å². The van der Waals surface area contributed by atoms with Crippen LogP contribution in [0.1, 0.15) is 25.3 Å². The van der Waals surface area contributed by atoms with Crippen LogP contribution in [0.25, 0.3) is 16.9 Å². The van der Waals surface area contributed by atoms with Crippen molar-refractivity contribution in [2.75, 3.05) is 9.80 Å². The monoisotopic (exact) mass is 570 g/mol. The summed E-state index contributed by atoms with van der Waals surface area (Å²) in [7, 11) is 0. The molecule has 0 aliphatic carbocycles. The number of rotatable bonds is 8. The Bertz CT molecular complexity index is 1930. The molecule has 7 rings (SSSR count). The van der Waals surface area contributed by atoms with Gasteiger partial charge in [-0.25, -0.2) is 4.98 Å². The number of anilines is 6. The van der Waals surface area contributed by atoms with Gasteiger partial charge >= 0.3 is 0 Å². The lowest BCUT2D eigenvalue weighted by Crippen LogP contribution is -2.12. The lowest BCUT2D eigenvalue weighted by molar-refractivity contribution is 0.866. The van der Waals surface area contributed by atoms with Crippen molar-refractivity contribution in [3.63, 3.8) is 0 Å². The molecule has 0 fully saturated rings. The zero-order valence-electron chi connectivity index (χ0n) is 25.0. The summed E-state index contributed by atoms with van der Waals surface area (Å²) < 4.78 is 2.05. The molecule has 4 heteroatoms. The molecule has 0 aliphatic heterocycles. The molecule has 0 bridgehead atoms.